The molecule has 4 rings (SSSR count). The first-order valence-corrected chi connectivity index (χ1v) is 12.4. The first-order chi connectivity index (χ1) is 16.5. The van der Waals surface area contributed by atoms with E-state index in [0.29, 0.717) is 11.7 Å². The van der Waals surface area contributed by atoms with E-state index in [9.17, 15) is 4.79 Å². The van der Waals surface area contributed by atoms with E-state index in [1.807, 2.05) is 24.4 Å². The fraction of sp³-hybridized carbons (Fsp3) is 0.560. The van der Waals surface area contributed by atoms with Crippen LogP contribution in [-0.2, 0) is 20.8 Å². The summed E-state index contributed by atoms with van der Waals surface area (Å²) in [6.45, 7) is 10.6. The molecular weight excluding hydrogens is 450 g/mol. The smallest absolute Gasteiger partial charge is 0.307 e. The molecular formula is C25H35N5O3S. The molecule has 9 heteroatoms. The number of nitrogens with one attached hydrogen (secondary N) is 1. The van der Waals surface area contributed by atoms with Gasteiger partial charge in [0, 0.05) is 50.3 Å². The van der Waals surface area contributed by atoms with Crippen molar-refractivity contribution in [2.24, 2.45) is 0 Å². The van der Waals surface area contributed by atoms with Gasteiger partial charge in [-0.05, 0) is 56.2 Å². The molecule has 2 aromatic rings. The van der Waals surface area contributed by atoms with Crippen LogP contribution in [0.3, 0.4) is 0 Å². The Morgan fingerprint density at radius 1 is 1.24 bits per heavy atom. The van der Waals surface area contributed by atoms with Gasteiger partial charge in [-0.25, -0.2) is 0 Å². The fourth-order valence-electron chi connectivity index (χ4n) is 5.05. The van der Waals surface area contributed by atoms with E-state index >= 15 is 0 Å². The van der Waals surface area contributed by atoms with Gasteiger partial charge in [-0.15, -0.1) is 0 Å². The largest absolute Gasteiger partial charge is 0.469 e. The lowest BCUT2D eigenvalue weighted by Gasteiger charge is -2.28. The standard InChI is InChI=1S/C25H35N5O3S/c1-18-17-20(19(2)29(18)11-6-10-28-13-15-33-16-14-28)24-23(21-7-4-5-9-26-21)27-25(34)30(24)12-8-22(31)32-3/h4-5,7,9,17,23-24H,6,8,10-16H2,1-3H3,(H,27,34). The third-order valence-corrected chi connectivity index (χ3v) is 7.23. The monoisotopic (exact) mass is 485 g/mol. The summed E-state index contributed by atoms with van der Waals surface area (Å²) in [5.74, 6) is -0.239. The summed E-state index contributed by atoms with van der Waals surface area (Å²) in [5.41, 5.74) is 4.63. The Morgan fingerprint density at radius 3 is 2.74 bits per heavy atom. The highest BCUT2D eigenvalue weighted by Crippen LogP contribution is 2.40. The molecule has 2 aliphatic rings. The number of carbonyl (C=O) groups is 1. The van der Waals surface area contributed by atoms with Gasteiger partial charge in [-0.3, -0.25) is 14.7 Å². The molecule has 2 unspecified atom stereocenters. The highest BCUT2D eigenvalue weighted by molar-refractivity contribution is 7.80. The van der Waals surface area contributed by atoms with Gasteiger partial charge < -0.3 is 24.3 Å². The summed E-state index contributed by atoms with van der Waals surface area (Å²) in [5, 5.41) is 4.11. The topological polar surface area (TPSA) is 71.9 Å². The van der Waals surface area contributed by atoms with Crippen LogP contribution < -0.4 is 5.32 Å². The van der Waals surface area contributed by atoms with E-state index in [1.54, 1.807) is 0 Å². The van der Waals surface area contributed by atoms with Crippen molar-refractivity contribution in [3.63, 3.8) is 0 Å². The Kier molecular flexibility index (Phi) is 8.18. The van der Waals surface area contributed by atoms with Crippen LogP contribution in [0.2, 0.25) is 0 Å². The zero-order valence-corrected chi connectivity index (χ0v) is 21.1. The summed E-state index contributed by atoms with van der Waals surface area (Å²) in [4.78, 5) is 21.1. The number of hydrogen-bond donors (Lipinski definition) is 1. The van der Waals surface area contributed by atoms with Crippen molar-refractivity contribution in [3.8, 4) is 0 Å². The van der Waals surface area contributed by atoms with E-state index in [2.05, 4.69) is 44.6 Å². The molecule has 0 aromatic carbocycles. The van der Waals surface area contributed by atoms with Gasteiger partial charge in [0.15, 0.2) is 5.11 Å². The molecule has 1 N–H and O–H groups in total. The molecule has 2 fully saturated rings. The van der Waals surface area contributed by atoms with Gasteiger partial charge in [0.05, 0.1) is 44.5 Å². The van der Waals surface area contributed by atoms with Crippen molar-refractivity contribution in [2.75, 3.05) is 46.5 Å². The average Bonchev–Trinajstić information content (AvgIpc) is 3.33. The minimum Gasteiger partial charge on any atom is -0.469 e. The van der Waals surface area contributed by atoms with E-state index in [0.717, 1.165) is 51.5 Å². The molecule has 2 saturated heterocycles. The number of ether oxygens (including phenoxy) is 2. The lowest BCUT2D eigenvalue weighted by molar-refractivity contribution is -0.140. The molecule has 0 spiro atoms. The molecule has 8 nitrogen and oxygen atoms in total. The minimum absolute atomic E-state index is 0.0498. The summed E-state index contributed by atoms with van der Waals surface area (Å²) in [6, 6.07) is 8.07. The Morgan fingerprint density at radius 2 is 2.03 bits per heavy atom. The van der Waals surface area contributed by atoms with Crippen LogP contribution in [0.25, 0.3) is 0 Å². The van der Waals surface area contributed by atoms with Crippen molar-refractivity contribution in [2.45, 2.75) is 45.3 Å². The molecule has 0 bridgehead atoms. The first kappa shape index (κ1) is 24.6. The predicted molar refractivity (Wildman–Crippen MR) is 135 cm³/mol. The second-order valence-electron chi connectivity index (χ2n) is 8.93. The van der Waals surface area contributed by atoms with Crippen LogP contribution >= 0.6 is 12.2 Å². The maximum Gasteiger partial charge on any atom is 0.307 e. The second-order valence-corrected chi connectivity index (χ2v) is 9.32. The molecule has 0 saturated carbocycles. The number of thiocarbonyl (C=S) groups is 1. The van der Waals surface area contributed by atoms with E-state index in [-0.39, 0.29) is 24.5 Å². The SMILES string of the molecule is COC(=O)CCN1C(=S)NC(c2ccccn2)C1c1cc(C)n(CCCN2CCOCC2)c1C. The van der Waals surface area contributed by atoms with Crippen LogP contribution in [0.4, 0.5) is 0 Å². The van der Waals surface area contributed by atoms with E-state index in [1.165, 1.54) is 24.1 Å². The van der Waals surface area contributed by atoms with Gasteiger partial charge in [0.25, 0.3) is 0 Å². The molecule has 184 valence electrons. The number of carbonyl (C=O) groups excluding carboxylic acids is 1. The summed E-state index contributed by atoms with van der Waals surface area (Å²) < 4.78 is 12.8. The van der Waals surface area contributed by atoms with E-state index < -0.39 is 0 Å². The number of aryl methyl sites for hydroxylation is 1. The third kappa shape index (κ3) is 5.42. The summed E-state index contributed by atoms with van der Waals surface area (Å²) in [7, 11) is 1.42. The highest BCUT2D eigenvalue weighted by Gasteiger charge is 2.41. The predicted octanol–water partition coefficient (Wildman–Crippen LogP) is 2.76. The molecule has 0 radical (unpaired) electrons. The van der Waals surface area contributed by atoms with Gasteiger partial charge >= 0.3 is 5.97 Å². The molecule has 0 aliphatic carbocycles. The molecule has 2 atom stereocenters. The normalized spacial score (nSPS) is 21.0. The quantitative estimate of drug-likeness (QED) is 0.430. The number of nitrogens with zero attached hydrogens (tertiary/aromatic N) is 4. The zero-order chi connectivity index (χ0) is 24.1. The molecule has 0 amide bonds. The summed E-state index contributed by atoms with van der Waals surface area (Å²) >= 11 is 5.72. The average molecular weight is 486 g/mol. The van der Waals surface area contributed by atoms with Gasteiger partial charge in [0.1, 0.15) is 0 Å². The Labute approximate surface area is 207 Å². The number of pyridine rings is 1. The molecule has 4 heterocycles. The fourth-order valence-corrected chi connectivity index (χ4v) is 5.38. The Bertz CT molecular complexity index is 990. The number of esters is 1. The zero-order valence-electron chi connectivity index (χ0n) is 20.3. The number of hydrogen-bond acceptors (Lipinski definition) is 6. The summed E-state index contributed by atoms with van der Waals surface area (Å²) in [6.07, 6.45) is 3.18. The molecule has 2 aliphatic heterocycles. The number of rotatable bonds is 9. The van der Waals surface area contributed by atoms with Gasteiger partial charge in [-0.2, -0.15) is 0 Å². The van der Waals surface area contributed by atoms with Crippen molar-refractivity contribution in [1.82, 2.24) is 24.7 Å². The van der Waals surface area contributed by atoms with Gasteiger partial charge in [-0.1, -0.05) is 6.07 Å². The van der Waals surface area contributed by atoms with Gasteiger partial charge in [0.2, 0.25) is 0 Å². The van der Waals surface area contributed by atoms with Crippen LogP contribution in [0.1, 0.15) is 47.6 Å². The second kappa shape index (κ2) is 11.3. The number of morpholine rings is 1. The number of methoxy groups -OCH3 is 1. The highest BCUT2D eigenvalue weighted by atomic mass is 32.1. The maximum absolute atomic E-state index is 11.9. The van der Waals surface area contributed by atoms with Crippen LogP contribution in [-0.4, -0.2) is 76.9 Å². The molecule has 2 aromatic heterocycles. The Balaban J connectivity index is 1.57. The van der Waals surface area contributed by atoms with Crippen molar-refractivity contribution < 1.29 is 14.3 Å². The minimum atomic E-state index is -0.239. The molecule has 34 heavy (non-hydrogen) atoms. The third-order valence-electron chi connectivity index (χ3n) is 6.87. The van der Waals surface area contributed by atoms with Crippen molar-refractivity contribution >= 4 is 23.3 Å². The van der Waals surface area contributed by atoms with Crippen LogP contribution in [0.5, 0.6) is 0 Å². The van der Waals surface area contributed by atoms with Crippen molar-refractivity contribution in [3.05, 3.63) is 53.1 Å². The lowest BCUT2D eigenvalue weighted by Crippen LogP contribution is -2.37. The maximum atomic E-state index is 11.9. The number of aromatic nitrogens is 2. The van der Waals surface area contributed by atoms with Crippen LogP contribution in [0, 0.1) is 13.8 Å². The van der Waals surface area contributed by atoms with E-state index in [4.69, 9.17) is 21.7 Å². The Hall–Kier alpha value is -2.49. The van der Waals surface area contributed by atoms with Crippen LogP contribution in [0.15, 0.2) is 30.5 Å². The first-order valence-electron chi connectivity index (χ1n) is 12.0. The van der Waals surface area contributed by atoms with Crippen molar-refractivity contribution in [1.29, 1.82) is 0 Å². The lowest BCUT2D eigenvalue weighted by atomic mass is 9.96.